The number of hydrogen-bond donors (Lipinski definition) is 2. The van der Waals surface area contributed by atoms with Crippen molar-refractivity contribution in [3.8, 4) is 16.9 Å². The van der Waals surface area contributed by atoms with Gasteiger partial charge in [-0.15, -0.1) is 0 Å². The van der Waals surface area contributed by atoms with Crippen LogP contribution in [-0.2, 0) is 11.2 Å². The molecule has 0 fully saturated rings. The number of anilines is 2. The van der Waals surface area contributed by atoms with E-state index in [0.717, 1.165) is 55.4 Å². The number of rotatable bonds is 22. The molecule has 4 aromatic rings. The highest BCUT2D eigenvalue weighted by Crippen LogP contribution is 2.22. The third-order valence-electron chi connectivity index (χ3n) is 8.84. The van der Waals surface area contributed by atoms with E-state index in [1.165, 1.54) is 56.1 Å². The molecule has 0 aliphatic carbocycles. The van der Waals surface area contributed by atoms with Gasteiger partial charge in [-0.3, -0.25) is 4.79 Å². The Kier molecular flexibility index (Phi) is 16.2. The third-order valence-corrected chi connectivity index (χ3v) is 8.84. The molecule has 0 unspecified atom stereocenters. The number of ether oxygens (including phenoxy) is 2. The molecule has 0 bridgehead atoms. The molecule has 6 nitrogen and oxygen atoms in total. The van der Waals surface area contributed by atoms with Crippen LogP contribution in [0.2, 0.25) is 0 Å². The lowest BCUT2D eigenvalue weighted by Gasteiger charge is -2.07. The van der Waals surface area contributed by atoms with Crippen LogP contribution >= 0.6 is 0 Å². The second-order valence-electron chi connectivity index (χ2n) is 13.1. The largest absolute Gasteiger partial charge is 0.494 e. The van der Waals surface area contributed by atoms with Crippen LogP contribution in [0, 0.1) is 0 Å². The van der Waals surface area contributed by atoms with Gasteiger partial charge in [-0.05, 0) is 84.3 Å². The highest BCUT2D eigenvalue weighted by molar-refractivity contribution is 6.07. The van der Waals surface area contributed by atoms with Crippen molar-refractivity contribution in [1.29, 1.82) is 0 Å². The Morgan fingerprint density at radius 1 is 0.600 bits per heavy atom. The summed E-state index contributed by atoms with van der Waals surface area (Å²) < 4.78 is 11.3. The lowest BCUT2D eigenvalue weighted by atomic mass is 9.99. The molecule has 0 radical (unpaired) electrons. The number of carbonyl (C=O) groups is 2. The summed E-state index contributed by atoms with van der Waals surface area (Å²) in [4.78, 5) is 24.9. The second kappa shape index (κ2) is 21.3. The highest BCUT2D eigenvalue weighted by Gasteiger charge is 2.09. The Balaban J connectivity index is 1.02. The molecule has 264 valence electrons. The first kappa shape index (κ1) is 38.0. The molecule has 6 heteroatoms. The summed E-state index contributed by atoms with van der Waals surface area (Å²) in [6, 6.07) is 29.3. The van der Waals surface area contributed by atoms with Gasteiger partial charge in [-0.25, -0.2) is 4.79 Å². The topological polar surface area (TPSA) is 105 Å². The zero-order valence-corrected chi connectivity index (χ0v) is 29.7. The van der Waals surface area contributed by atoms with E-state index < -0.39 is 0 Å². The second-order valence-corrected chi connectivity index (χ2v) is 13.1. The van der Waals surface area contributed by atoms with Gasteiger partial charge < -0.3 is 20.9 Å². The molecule has 0 heterocycles. The van der Waals surface area contributed by atoms with Crippen molar-refractivity contribution in [2.24, 2.45) is 0 Å². The lowest BCUT2D eigenvalue weighted by molar-refractivity contribution is 0.0497. The monoisotopic (exact) mass is 674 g/mol. The van der Waals surface area contributed by atoms with E-state index in [0.29, 0.717) is 35.7 Å². The Labute approximate surface area is 298 Å². The predicted octanol–water partition coefficient (Wildman–Crippen LogP) is 10.9. The first-order valence-electron chi connectivity index (χ1n) is 18.4. The van der Waals surface area contributed by atoms with Gasteiger partial charge in [0.1, 0.15) is 5.75 Å². The summed E-state index contributed by atoms with van der Waals surface area (Å²) in [7, 11) is 0. The SMILES string of the molecule is CCCCCc1ccc(-c2ccc(C(=O)C=Cc3ccc(OCCCCCCCCCCCOC(=O)c4cc(N)cc(N)c4)cc3)cc2)cc1. The zero-order valence-electron chi connectivity index (χ0n) is 29.7. The average molecular weight is 675 g/mol. The van der Waals surface area contributed by atoms with Gasteiger partial charge in [-0.2, -0.15) is 0 Å². The number of carbonyl (C=O) groups excluding carboxylic acids is 2. The van der Waals surface area contributed by atoms with Crippen molar-refractivity contribution in [2.45, 2.75) is 90.4 Å². The van der Waals surface area contributed by atoms with Crippen LogP contribution in [0.3, 0.4) is 0 Å². The fraction of sp³-hybridized carbons (Fsp3) is 0.364. The Morgan fingerprint density at radius 3 is 1.76 bits per heavy atom. The molecule has 0 spiro atoms. The van der Waals surface area contributed by atoms with Gasteiger partial charge in [0.05, 0.1) is 18.8 Å². The normalized spacial score (nSPS) is 11.1. The summed E-state index contributed by atoms with van der Waals surface area (Å²) in [6.07, 6.45) is 18.4. The number of aryl methyl sites for hydroxylation is 1. The minimum absolute atomic E-state index is 0.0110. The number of hydrogen-bond acceptors (Lipinski definition) is 6. The van der Waals surface area contributed by atoms with E-state index in [9.17, 15) is 9.59 Å². The van der Waals surface area contributed by atoms with E-state index in [4.69, 9.17) is 20.9 Å². The zero-order chi connectivity index (χ0) is 35.4. The summed E-state index contributed by atoms with van der Waals surface area (Å²) in [5, 5.41) is 0. The van der Waals surface area contributed by atoms with Crippen LogP contribution in [0.15, 0.2) is 97.1 Å². The minimum atomic E-state index is -0.376. The van der Waals surface area contributed by atoms with Gasteiger partial charge >= 0.3 is 5.97 Å². The molecule has 0 aliphatic rings. The van der Waals surface area contributed by atoms with Crippen molar-refractivity contribution < 1.29 is 19.1 Å². The fourth-order valence-electron chi connectivity index (χ4n) is 5.89. The van der Waals surface area contributed by atoms with E-state index in [-0.39, 0.29) is 11.8 Å². The Morgan fingerprint density at radius 2 is 1.16 bits per heavy atom. The number of allylic oxidation sites excluding steroid dienone is 1. The van der Waals surface area contributed by atoms with Gasteiger partial charge in [0.15, 0.2) is 5.78 Å². The van der Waals surface area contributed by atoms with Gasteiger partial charge in [0.25, 0.3) is 0 Å². The summed E-state index contributed by atoms with van der Waals surface area (Å²) in [6.45, 7) is 3.35. The molecular formula is C44H54N2O4. The van der Waals surface area contributed by atoms with Gasteiger partial charge in [0, 0.05) is 16.9 Å². The number of ketones is 1. The van der Waals surface area contributed by atoms with Crippen molar-refractivity contribution in [3.63, 3.8) is 0 Å². The highest BCUT2D eigenvalue weighted by atomic mass is 16.5. The Hall–Kier alpha value is -4.84. The molecule has 0 aliphatic heterocycles. The number of nitrogen functional groups attached to an aromatic ring is 2. The number of unbranched alkanes of at least 4 members (excludes halogenated alkanes) is 10. The van der Waals surface area contributed by atoms with Crippen LogP contribution in [0.25, 0.3) is 17.2 Å². The number of esters is 1. The van der Waals surface area contributed by atoms with Crippen LogP contribution in [-0.4, -0.2) is 25.0 Å². The Bertz CT molecular complexity index is 1610. The lowest BCUT2D eigenvalue weighted by Crippen LogP contribution is -2.07. The van der Waals surface area contributed by atoms with Crippen molar-refractivity contribution in [3.05, 3.63) is 119 Å². The first-order valence-corrected chi connectivity index (χ1v) is 18.4. The molecule has 0 saturated carbocycles. The molecule has 0 atom stereocenters. The maximum Gasteiger partial charge on any atom is 0.338 e. The molecule has 4 aromatic carbocycles. The maximum atomic E-state index is 12.8. The van der Waals surface area contributed by atoms with Crippen LogP contribution in [0.5, 0.6) is 5.75 Å². The summed E-state index contributed by atoms with van der Waals surface area (Å²) in [5.74, 6) is 0.461. The maximum absolute atomic E-state index is 12.8. The quantitative estimate of drug-likeness (QED) is 0.0283. The summed E-state index contributed by atoms with van der Waals surface area (Å²) >= 11 is 0. The molecule has 0 amide bonds. The van der Waals surface area contributed by atoms with Crippen LogP contribution in [0.4, 0.5) is 11.4 Å². The van der Waals surface area contributed by atoms with Crippen molar-refractivity contribution >= 4 is 29.2 Å². The van der Waals surface area contributed by atoms with Crippen molar-refractivity contribution in [2.75, 3.05) is 24.7 Å². The van der Waals surface area contributed by atoms with Crippen LogP contribution < -0.4 is 16.2 Å². The molecule has 50 heavy (non-hydrogen) atoms. The standard InChI is InChI=1S/C44H54N2O4/c1-2-3-11-14-34-15-20-36(21-16-34)37-22-24-38(25-23-37)43(47)28-19-35-17-26-42(27-18-35)49-29-12-9-7-5-4-6-8-10-13-30-50-44(48)39-31-40(45)33-41(46)32-39/h15-28,31-33H,2-14,29-30,45-46H2,1H3. The molecule has 4 rings (SSSR count). The summed E-state index contributed by atoms with van der Waals surface area (Å²) in [5.41, 5.74) is 18.1. The fourth-order valence-corrected chi connectivity index (χ4v) is 5.89. The van der Waals surface area contributed by atoms with Crippen molar-refractivity contribution in [1.82, 2.24) is 0 Å². The van der Waals surface area contributed by atoms with E-state index >= 15 is 0 Å². The van der Waals surface area contributed by atoms with Gasteiger partial charge in [-0.1, -0.05) is 131 Å². The van der Waals surface area contributed by atoms with Crippen LogP contribution in [0.1, 0.15) is 116 Å². The number of nitrogens with two attached hydrogens (primary N) is 2. The molecule has 4 N–H and O–H groups in total. The van der Waals surface area contributed by atoms with E-state index in [1.807, 2.05) is 54.6 Å². The van der Waals surface area contributed by atoms with E-state index in [1.54, 1.807) is 24.3 Å². The predicted molar refractivity (Wildman–Crippen MR) is 208 cm³/mol. The number of benzene rings is 4. The van der Waals surface area contributed by atoms with Gasteiger partial charge in [0.2, 0.25) is 0 Å². The third kappa shape index (κ3) is 13.6. The molecule has 0 saturated heterocycles. The van der Waals surface area contributed by atoms with E-state index in [2.05, 4.69) is 31.2 Å². The minimum Gasteiger partial charge on any atom is -0.494 e. The average Bonchev–Trinajstić information content (AvgIpc) is 3.13. The molecular weight excluding hydrogens is 620 g/mol. The molecule has 0 aromatic heterocycles. The smallest absolute Gasteiger partial charge is 0.338 e. The first-order chi connectivity index (χ1) is 24.4.